The van der Waals surface area contributed by atoms with Gasteiger partial charge in [0, 0.05) is 13.0 Å². The molecule has 1 aliphatic rings. The number of nitrogens with two attached hydrogens (primary N) is 1. The van der Waals surface area contributed by atoms with Crippen LogP contribution in [0, 0.1) is 17.2 Å². The van der Waals surface area contributed by atoms with Crippen LogP contribution >= 0.6 is 0 Å². The van der Waals surface area contributed by atoms with Gasteiger partial charge in [0.1, 0.15) is 23.0 Å². The summed E-state index contributed by atoms with van der Waals surface area (Å²) in [5.41, 5.74) is 8.00. The first-order valence-corrected chi connectivity index (χ1v) is 11.8. The van der Waals surface area contributed by atoms with Crippen molar-refractivity contribution in [3.63, 3.8) is 0 Å². The number of hydrogen-bond acceptors (Lipinski definition) is 6. The molecule has 8 nitrogen and oxygen atoms in total. The van der Waals surface area contributed by atoms with Crippen molar-refractivity contribution in [2.45, 2.75) is 58.8 Å². The average Bonchev–Trinajstić information content (AvgIpc) is 2.80. The lowest BCUT2D eigenvalue weighted by Crippen LogP contribution is -2.28. The van der Waals surface area contributed by atoms with Crippen molar-refractivity contribution in [3.8, 4) is 17.1 Å². The largest absolute Gasteiger partial charge is 0.493 e. The Kier molecular flexibility index (Phi) is 8.25. The number of aromatic amines is 1. The zero-order valence-corrected chi connectivity index (χ0v) is 19.8. The summed E-state index contributed by atoms with van der Waals surface area (Å²) in [5.74, 6) is 1.33. The number of amides is 1. The SMILES string of the molecule is CCCC(=N)c1nc(-c2cc(CC3CCC(C(N)=O)CC3)ccc2OCC)[nH]c(=O)c1NC. The number of rotatable bonds is 10. The number of anilines is 1. The molecule has 0 bridgehead atoms. The number of aromatic nitrogens is 2. The van der Waals surface area contributed by atoms with Crippen LogP contribution in [0.2, 0.25) is 0 Å². The van der Waals surface area contributed by atoms with Crippen molar-refractivity contribution in [2.75, 3.05) is 19.0 Å². The maximum atomic E-state index is 12.8. The second kappa shape index (κ2) is 11.1. The molecule has 1 aromatic carbocycles. The first-order chi connectivity index (χ1) is 15.9. The molecule has 178 valence electrons. The van der Waals surface area contributed by atoms with Crippen LogP contribution in [-0.4, -0.2) is 35.2 Å². The molecular weight excluding hydrogens is 418 g/mol. The second-order valence-corrected chi connectivity index (χ2v) is 8.70. The van der Waals surface area contributed by atoms with Gasteiger partial charge in [-0.25, -0.2) is 4.98 Å². The van der Waals surface area contributed by atoms with E-state index < -0.39 is 0 Å². The van der Waals surface area contributed by atoms with E-state index in [1.807, 2.05) is 26.0 Å². The molecule has 1 aromatic heterocycles. The summed E-state index contributed by atoms with van der Waals surface area (Å²) in [5, 5.41) is 11.3. The Morgan fingerprint density at radius 3 is 2.61 bits per heavy atom. The van der Waals surface area contributed by atoms with Crippen molar-refractivity contribution in [1.29, 1.82) is 5.41 Å². The van der Waals surface area contributed by atoms with Gasteiger partial charge in [-0.3, -0.25) is 9.59 Å². The molecule has 5 N–H and O–H groups in total. The van der Waals surface area contributed by atoms with E-state index in [9.17, 15) is 9.59 Å². The van der Waals surface area contributed by atoms with E-state index in [1.54, 1.807) is 7.05 Å². The lowest BCUT2D eigenvalue weighted by Gasteiger charge is -2.26. The maximum Gasteiger partial charge on any atom is 0.275 e. The smallest absolute Gasteiger partial charge is 0.275 e. The number of benzene rings is 1. The third-order valence-corrected chi connectivity index (χ3v) is 6.33. The van der Waals surface area contributed by atoms with Crippen LogP contribution in [0.3, 0.4) is 0 Å². The van der Waals surface area contributed by atoms with E-state index >= 15 is 0 Å². The van der Waals surface area contributed by atoms with E-state index in [0.29, 0.717) is 53.2 Å². The number of H-pyrrole nitrogens is 1. The zero-order chi connectivity index (χ0) is 24.0. The van der Waals surface area contributed by atoms with Gasteiger partial charge in [-0.1, -0.05) is 19.4 Å². The third-order valence-electron chi connectivity index (χ3n) is 6.33. The van der Waals surface area contributed by atoms with Crippen molar-refractivity contribution in [1.82, 2.24) is 9.97 Å². The minimum Gasteiger partial charge on any atom is -0.493 e. The van der Waals surface area contributed by atoms with Gasteiger partial charge < -0.3 is 26.2 Å². The monoisotopic (exact) mass is 453 g/mol. The van der Waals surface area contributed by atoms with Crippen LogP contribution in [-0.2, 0) is 11.2 Å². The van der Waals surface area contributed by atoms with Crippen LogP contribution in [0.4, 0.5) is 5.69 Å². The molecule has 33 heavy (non-hydrogen) atoms. The van der Waals surface area contributed by atoms with Crippen LogP contribution in [0.5, 0.6) is 5.75 Å². The Bertz CT molecular complexity index is 1050. The van der Waals surface area contributed by atoms with E-state index in [4.69, 9.17) is 15.9 Å². The molecule has 1 heterocycles. The van der Waals surface area contributed by atoms with Gasteiger partial charge in [-0.15, -0.1) is 0 Å². The fourth-order valence-corrected chi connectivity index (χ4v) is 4.57. The number of carbonyl (C=O) groups is 1. The van der Waals surface area contributed by atoms with Crippen LogP contribution < -0.4 is 21.3 Å². The van der Waals surface area contributed by atoms with Gasteiger partial charge in [0.25, 0.3) is 5.56 Å². The topological polar surface area (TPSA) is 134 Å². The number of hydrogen-bond donors (Lipinski definition) is 4. The van der Waals surface area contributed by atoms with Crippen molar-refractivity contribution < 1.29 is 9.53 Å². The van der Waals surface area contributed by atoms with Gasteiger partial charge in [0.15, 0.2) is 0 Å². The molecular formula is C25H35N5O3. The molecule has 0 atom stereocenters. The second-order valence-electron chi connectivity index (χ2n) is 8.70. The fraction of sp³-hybridized carbons (Fsp3) is 0.520. The lowest BCUT2D eigenvalue weighted by molar-refractivity contribution is -0.122. The highest BCUT2D eigenvalue weighted by atomic mass is 16.5. The number of primary amides is 1. The predicted molar refractivity (Wildman–Crippen MR) is 131 cm³/mol. The van der Waals surface area contributed by atoms with E-state index in [0.717, 1.165) is 44.1 Å². The van der Waals surface area contributed by atoms with Crippen molar-refractivity contribution in [3.05, 3.63) is 39.8 Å². The standard InChI is InChI=1S/C25H35N5O3/c1-4-6-19(26)21-22(28-3)25(32)30-24(29-21)18-14-16(9-12-20(18)33-5-2)13-15-7-10-17(11-8-15)23(27)31/h9,12,14-15,17,26,28H,4-8,10-11,13H2,1-3H3,(H2,27,31)(H,29,30,32). The highest BCUT2D eigenvalue weighted by Crippen LogP contribution is 2.34. The summed E-state index contributed by atoms with van der Waals surface area (Å²) in [6, 6.07) is 6.00. The molecule has 0 aliphatic heterocycles. The normalized spacial score (nSPS) is 18.0. The molecule has 0 radical (unpaired) electrons. The fourth-order valence-electron chi connectivity index (χ4n) is 4.57. The zero-order valence-electron chi connectivity index (χ0n) is 19.8. The minimum absolute atomic E-state index is 0.00559. The predicted octanol–water partition coefficient (Wildman–Crippen LogP) is 3.88. The van der Waals surface area contributed by atoms with Crippen molar-refractivity contribution in [2.24, 2.45) is 17.6 Å². The number of carbonyl (C=O) groups excluding carboxylic acids is 1. The Morgan fingerprint density at radius 1 is 1.27 bits per heavy atom. The molecule has 0 spiro atoms. The molecule has 1 aliphatic carbocycles. The highest BCUT2D eigenvalue weighted by molar-refractivity contribution is 6.01. The average molecular weight is 454 g/mol. The molecule has 0 saturated heterocycles. The van der Waals surface area contributed by atoms with E-state index in [2.05, 4.69) is 21.4 Å². The Hall–Kier alpha value is -3.16. The lowest BCUT2D eigenvalue weighted by atomic mass is 9.79. The third kappa shape index (κ3) is 5.80. The van der Waals surface area contributed by atoms with Gasteiger partial charge in [0.2, 0.25) is 5.91 Å². The first kappa shape index (κ1) is 24.5. The van der Waals surface area contributed by atoms with E-state index in [-0.39, 0.29) is 17.4 Å². The van der Waals surface area contributed by atoms with E-state index in [1.165, 1.54) is 0 Å². The van der Waals surface area contributed by atoms with Gasteiger partial charge in [0.05, 0.1) is 17.9 Å². The molecule has 1 saturated carbocycles. The summed E-state index contributed by atoms with van der Waals surface area (Å²) in [6.07, 6.45) is 5.84. The molecule has 3 rings (SSSR count). The quantitative estimate of drug-likeness (QED) is 0.405. The van der Waals surface area contributed by atoms with Crippen LogP contribution in [0.25, 0.3) is 11.4 Å². The maximum absolute atomic E-state index is 12.8. The summed E-state index contributed by atoms with van der Waals surface area (Å²) in [7, 11) is 1.66. The highest BCUT2D eigenvalue weighted by Gasteiger charge is 2.25. The summed E-state index contributed by atoms with van der Waals surface area (Å²) in [4.78, 5) is 31.8. The van der Waals surface area contributed by atoms with Gasteiger partial charge in [-0.05, 0) is 69.1 Å². The number of nitrogens with zero attached hydrogens (tertiary/aromatic N) is 1. The molecule has 1 amide bonds. The molecule has 0 unspecified atom stereocenters. The number of nitrogens with one attached hydrogen (secondary N) is 3. The Balaban J connectivity index is 1.95. The Morgan fingerprint density at radius 2 is 2.00 bits per heavy atom. The van der Waals surface area contributed by atoms with Gasteiger partial charge in [-0.2, -0.15) is 0 Å². The van der Waals surface area contributed by atoms with Crippen LogP contribution in [0.15, 0.2) is 23.0 Å². The van der Waals surface area contributed by atoms with Crippen molar-refractivity contribution >= 4 is 17.3 Å². The van der Waals surface area contributed by atoms with Gasteiger partial charge >= 0.3 is 0 Å². The number of ether oxygens (including phenoxy) is 1. The molecule has 8 heteroatoms. The Labute approximate surface area is 194 Å². The minimum atomic E-state index is -0.309. The first-order valence-electron chi connectivity index (χ1n) is 11.8. The summed E-state index contributed by atoms with van der Waals surface area (Å²) < 4.78 is 5.84. The van der Waals surface area contributed by atoms with Crippen LogP contribution in [0.1, 0.15) is 63.6 Å². The molecule has 2 aromatic rings. The molecule has 1 fully saturated rings. The summed E-state index contributed by atoms with van der Waals surface area (Å²) >= 11 is 0. The summed E-state index contributed by atoms with van der Waals surface area (Å²) in [6.45, 7) is 4.40.